The number of aromatic nitrogens is 1. The minimum absolute atomic E-state index is 0.608. The summed E-state index contributed by atoms with van der Waals surface area (Å²) in [6.07, 6.45) is 3.24. The first-order valence-corrected chi connectivity index (χ1v) is 3.96. The second-order valence-electron chi connectivity index (χ2n) is 2.84. The average molecular weight is 173 g/mol. The third-order valence-electron chi connectivity index (χ3n) is 1.52. The lowest BCUT2D eigenvalue weighted by atomic mass is 10.2. The van der Waals surface area contributed by atoms with Gasteiger partial charge in [0, 0.05) is 12.7 Å². The third kappa shape index (κ3) is 2.60. The highest BCUT2D eigenvalue weighted by atomic mass is 14.9. The van der Waals surface area contributed by atoms with Gasteiger partial charge < -0.3 is 5.32 Å². The summed E-state index contributed by atoms with van der Waals surface area (Å²) in [6.45, 7) is 6.35. The second kappa shape index (κ2) is 4.27. The van der Waals surface area contributed by atoms with E-state index in [2.05, 4.69) is 22.9 Å². The molecule has 0 saturated heterocycles. The van der Waals surface area contributed by atoms with Gasteiger partial charge in [-0.25, -0.2) is 0 Å². The van der Waals surface area contributed by atoms with E-state index in [-0.39, 0.29) is 0 Å². The zero-order chi connectivity index (χ0) is 9.68. The van der Waals surface area contributed by atoms with Crippen molar-refractivity contribution in [3.05, 3.63) is 36.2 Å². The van der Waals surface area contributed by atoms with Gasteiger partial charge in [0.25, 0.3) is 0 Å². The van der Waals surface area contributed by atoms with Gasteiger partial charge in [-0.15, -0.1) is 0 Å². The van der Waals surface area contributed by atoms with E-state index in [1.807, 2.05) is 6.92 Å². The minimum Gasteiger partial charge on any atom is -0.379 e. The van der Waals surface area contributed by atoms with Crippen molar-refractivity contribution < 1.29 is 0 Å². The summed E-state index contributed by atoms with van der Waals surface area (Å²) in [6, 6.07) is 3.77. The standard InChI is InChI=1S/C10H11N3/c1-8(2)6-13-10-7-12-4-3-9(10)5-11/h3-4,7,13H,1,6H2,2H3. The summed E-state index contributed by atoms with van der Waals surface area (Å²) in [5.74, 6) is 0. The van der Waals surface area contributed by atoms with Crippen LogP contribution in [-0.4, -0.2) is 11.5 Å². The normalized spacial score (nSPS) is 8.92. The molecule has 13 heavy (non-hydrogen) atoms. The lowest BCUT2D eigenvalue weighted by molar-refractivity contribution is 1.19. The van der Waals surface area contributed by atoms with Crippen molar-refractivity contribution in [1.82, 2.24) is 4.98 Å². The molecule has 1 heterocycles. The van der Waals surface area contributed by atoms with Gasteiger partial charge in [-0.2, -0.15) is 5.26 Å². The minimum atomic E-state index is 0.608. The highest BCUT2D eigenvalue weighted by Crippen LogP contribution is 2.11. The number of nitrogens with zero attached hydrogens (tertiary/aromatic N) is 2. The van der Waals surface area contributed by atoms with Crippen LogP contribution in [0.1, 0.15) is 12.5 Å². The van der Waals surface area contributed by atoms with Crippen LogP contribution in [0, 0.1) is 11.3 Å². The largest absolute Gasteiger partial charge is 0.379 e. The number of hydrogen-bond acceptors (Lipinski definition) is 3. The number of nitrogens with one attached hydrogen (secondary N) is 1. The number of hydrogen-bond donors (Lipinski definition) is 1. The van der Waals surface area contributed by atoms with E-state index in [1.54, 1.807) is 18.5 Å². The number of anilines is 1. The molecule has 1 aromatic rings. The number of rotatable bonds is 3. The van der Waals surface area contributed by atoms with Gasteiger partial charge in [-0.1, -0.05) is 12.2 Å². The van der Waals surface area contributed by atoms with E-state index >= 15 is 0 Å². The Morgan fingerprint density at radius 3 is 3.15 bits per heavy atom. The molecule has 1 N–H and O–H groups in total. The molecule has 0 aliphatic heterocycles. The Morgan fingerprint density at radius 1 is 1.77 bits per heavy atom. The van der Waals surface area contributed by atoms with E-state index in [9.17, 15) is 0 Å². The Kier molecular flexibility index (Phi) is 3.04. The Bertz CT molecular complexity index is 349. The predicted octanol–water partition coefficient (Wildman–Crippen LogP) is 1.94. The summed E-state index contributed by atoms with van der Waals surface area (Å²) in [5, 5.41) is 11.8. The Morgan fingerprint density at radius 2 is 2.54 bits per heavy atom. The van der Waals surface area contributed by atoms with Gasteiger partial charge in [0.15, 0.2) is 0 Å². The van der Waals surface area contributed by atoms with Crippen LogP contribution in [0.2, 0.25) is 0 Å². The maximum Gasteiger partial charge on any atom is 0.101 e. The van der Waals surface area contributed by atoms with Gasteiger partial charge in [0.05, 0.1) is 17.4 Å². The zero-order valence-electron chi connectivity index (χ0n) is 7.54. The highest BCUT2D eigenvalue weighted by molar-refractivity contribution is 5.55. The van der Waals surface area contributed by atoms with E-state index in [1.165, 1.54) is 0 Å². The van der Waals surface area contributed by atoms with Crippen molar-refractivity contribution in [3.8, 4) is 6.07 Å². The maximum absolute atomic E-state index is 8.74. The molecular weight excluding hydrogens is 162 g/mol. The van der Waals surface area contributed by atoms with Crippen LogP contribution in [0.4, 0.5) is 5.69 Å². The van der Waals surface area contributed by atoms with E-state index in [4.69, 9.17) is 5.26 Å². The summed E-state index contributed by atoms with van der Waals surface area (Å²) in [4.78, 5) is 3.93. The van der Waals surface area contributed by atoms with Crippen LogP contribution in [0.5, 0.6) is 0 Å². The van der Waals surface area contributed by atoms with Crippen LogP contribution in [0.3, 0.4) is 0 Å². The Balaban J connectivity index is 2.77. The summed E-state index contributed by atoms with van der Waals surface area (Å²) in [7, 11) is 0. The third-order valence-corrected chi connectivity index (χ3v) is 1.52. The molecule has 0 unspecified atom stereocenters. The topological polar surface area (TPSA) is 48.7 Å². The molecule has 0 radical (unpaired) electrons. The summed E-state index contributed by atoms with van der Waals surface area (Å²) in [5.41, 5.74) is 2.39. The van der Waals surface area contributed by atoms with Crippen LogP contribution >= 0.6 is 0 Å². The molecule has 0 atom stereocenters. The summed E-state index contributed by atoms with van der Waals surface area (Å²) < 4.78 is 0. The van der Waals surface area contributed by atoms with Crippen molar-refractivity contribution in [2.45, 2.75) is 6.92 Å². The first-order chi connectivity index (χ1) is 6.24. The lowest BCUT2D eigenvalue weighted by Gasteiger charge is -2.05. The molecule has 0 amide bonds. The second-order valence-corrected chi connectivity index (χ2v) is 2.84. The molecule has 0 aliphatic carbocycles. The van der Waals surface area contributed by atoms with E-state index < -0.39 is 0 Å². The fourth-order valence-corrected chi connectivity index (χ4v) is 0.879. The van der Waals surface area contributed by atoms with Crippen LogP contribution in [0.25, 0.3) is 0 Å². The number of pyridine rings is 1. The van der Waals surface area contributed by atoms with Gasteiger partial charge in [0.1, 0.15) is 6.07 Å². The average Bonchev–Trinajstić information content (AvgIpc) is 2.15. The van der Waals surface area contributed by atoms with Crippen molar-refractivity contribution >= 4 is 5.69 Å². The molecule has 0 aliphatic rings. The van der Waals surface area contributed by atoms with Crippen molar-refractivity contribution in [2.24, 2.45) is 0 Å². The van der Waals surface area contributed by atoms with Crippen molar-refractivity contribution in [3.63, 3.8) is 0 Å². The molecule has 3 nitrogen and oxygen atoms in total. The zero-order valence-corrected chi connectivity index (χ0v) is 7.54. The van der Waals surface area contributed by atoms with Gasteiger partial charge in [0.2, 0.25) is 0 Å². The molecule has 1 aromatic heterocycles. The lowest BCUT2D eigenvalue weighted by Crippen LogP contribution is -2.03. The summed E-state index contributed by atoms with van der Waals surface area (Å²) >= 11 is 0. The van der Waals surface area contributed by atoms with Crippen LogP contribution in [0.15, 0.2) is 30.6 Å². The molecule has 0 bridgehead atoms. The smallest absolute Gasteiger partial charge is 0.101 e. The van der Waals surface area contributed by atoms with Gasteiger partial charge >= 0.3 is 0 Å². The fraction of sp³-hybridized carbons (Fsp3) is 0.200. The molecule has 0 saturated carbocycles. The van der Waals surface area contributed by atoms with E-state index in [0.29, 0.717) is 12.1 Å². The molecule has 66 valence electrons. The molecular formula is C10H11N3. The first-order valence-electron chi connectivity index (χ1n) is 3.96. The molecule has 0 spiro atoms. The van der Waals surface area contributed by atoms with E-state index in [0.717, 1.165) is 11.3 Å². The maximum atomic E-state index is 8.74. The SMILES string of the molecule is C=C(C)CNc1cnccc1C#N. The Labute approximate surface area is 77.7 Å². The molecule has 0 aromatic carbocycles. The first kappa shape index (κ1) is 9.27. The quantitative estimate of drug-likeness (QED) is 0.710. The molecule has 1 rings (SSSR count). The molecule has 3 heteroatoms. The van der Waals surface area contributed by atoms with Crippen molar-refractivity contribution in [1.29, 1.82) is 5.26 Å². The predicted molar refractivity (Wildman–Crippen MR) is 52.3 cm³/mol. The number of nitriles is 1. The van der Waals surface area contributed by atoms with Crippen LogP contribution in [-0.2, 0) is 0 Å². The monoisotopic (exact) mass is 173 g/mol. The van der Waals surface area contributed by atoms with Crippen molar-refractivity contribution in [2.75, 3.05) is 11.9 Å². The van der Waals surface area contributed by atoms with Gasteiger partial charge in [-0.3, -0.25) is 4.98 Å². The van der Waals surface area contributed by atoms with Gasteiger partial charge in [-0.05, 0) is 13.0 Å². The van der Waals surface area contributed by atoms with Crippen LogP contribution < -0.4 is 5.32 Å². The highest BCUT2D eigenvalue weighted by Gasteiger charge is 1.98. The fourth-order valence-electron chi connectivity index (χ4n) is 0.879. The Hall–Kier alpha value is -1.82. The molecule has 0 fully saturated rings.